The summed E-state index contributed by atoms with van der Waals surface area (Å²) in [6, 6.07) is 0. The van der Waals surface area contributed by atoms with Gasteiger partial charge in [-0.05, 0) is 19.3 Å². The van der Waals surface area contributed by atoms with E-state index in [9.17, 15) is 4.79 Å². The molecule has 0 amide bonds. The molecule has 0 saturated carbocycles. The first-order chi connectivity index (χ1) is 5.79. The number of carboxylic acids is 1. The quantitative estimate of drug-likeness (QED) is 0.459. The Morgan fingerprint density at radius 1 is 1.46 bits per heavy atom. The third kappa shape index (κ3) is 7.37. The van der Waals surface area contributed by atoms with Gasteiger partial charge in [-0.25, -0.2) is 0 Å². The van der Waals surface area contributed by atoms with Crippen molar-refractivity contribution in [3.05, 3.63) is 0 Å². The van der Waals surface area contributed by atoms with E-state index in [-0.39, 0.29) is 37.7 Å². The van der Waals surface area contributed by atoms with Gasteiger partial charge >= 0.3 is 43.7 Å². The van der Waals surface area contributed by atoms with Crippen LogP contribution in [0.4, 0.5) is 0 Å². The summed E-state index contributed by atoms with van der Waals surface area (Å²) in [6.45, 7) is 0. The van der Waals surface area contributed by atoms with Crippen molar-refractivity contribution in [2.75, 3.05) is 5.75 Å². The fraction of sp³-hybridized carbons (Fsp3) is 0.875. The number of carbonyl (C=O) groups is 1. The Bertz CT molecular complexity index is 149. The minimum Gasteiger partial charge on any atom is -0.481 e. The molecule has 0 radical (unpaired) electrons. The van der Waals surface area contributed by atoms with Gasteiger partial charge in [0.15, 0.2) is 0 Å². The van der Waals surface area contributed by atoms with Crippen molar-refractivity contribution in [1.82, 2.24) is 0 Å². The molecule has 5 heteroatoms. The van der Waals surface area contributed by atoms with Crippen molar-refractivity contribution < 1.29 is 9.90 Å². The van der Waals surface area contributed by atoms with Crippen molar-refractivity contribution in [3.8, 4) is 0 Å². The van der Waals surface area contributed by atoms with Crippen molar-refractivity contribution >= 4 is 65.3 Å². The molecule has 1 N–H and O–H groups in total. The summed E-state index contributed by atoms with van der Waals surface area (Å²) in [5.41, 5.74) is 0. The molecule has 2 nitrogen and oxygen atoms in total. The second kappa shape index (κ2) is 8.72. The van der Waals surface area contributed by atoms with Crippen LogP contribution in [0.2, 0.25) is 0 Å². The molecule has 1 heterocycles. The molecule has 1 atom stereocenters. The van der Waals surface area contributed by atoms with Crippen molar-refractivity contribution in [1.29, 1.82) is 0 Å². The predicted molar refractivity (Wildman–Crippen MR) is 60.3 cm³/mol. The molecule has 0 unspecified atom stereocenters. The molecule has 1 aliphatic rings. The maximum atomic E-state index is 10.2. The van der Waals surface area contributed by atoms with E-state index in [2.05, 4.69) is 0 Å². The molecule has 1 fully saturated rings. The van der Waals surface area contributed by atoms with Crippen LogP contribution in [0.5, 0.6) is 0 Å². The number of hydrogen-bond acceptors (Lipinski definition) is 3. The average molecular weight is 246 g/mol. The number of hydrogen-bond donors (Lipinski definition) is 1. The fourth-order valence-electron chi connectivity index (χ4n) is 1.21. The van der Waals surface area contributed by atoms with Crippen LogP contribution in [-0.2, 0) is 4.79 Å². The van der Waals surface area contributed by atoms with E-state index in [1.165, 1.54) is 18.6 Å². The first-order valence-electron chi connectivity index (χ1n) is 4.29. The maximum absolute atomic E-state index is 10.2. The van der Waals surface area contributed by atoms with E-state index in [0.29, 0.717) is 6.42 Å². The zero-order valence-corrected chi connectivity index (χ0v) is 11.5. The van der Waals surface area contributed by atoms with Gasteiger partial charge in [0.05, 0.1) is 0 Å². The standard InChI is InChI=1S/C8H14O2S2.Ca/c9-8(10)4-2-1-3-7-5-6-11-12-7;/h7H,1-6H2,(H,9,10);/q;+2/t7-;/m1./s1. The summed E-state index contributed by atoms with van der Waals surface area (Å²) in [5, 5.41) is 9.19. The summed E-state index contributed by atoms with van der Waals surface area (Å²) >= 11 is 0. The van der Waals surface area contributed by atoms with Crippen molar-refractivity contribution in [3.63, 3.8) is 0 Å². The maximum Gasteiger partial charge on any atom is 2.00 e. The third-order valence-electron chi connectivity index (χ3n) is 1.89. The summed E-state index contributed by atoms with van der Waals surface area (Å²) in [5.74, 6) is 0.609. The largest absolute Gasteiger partial charge is 2.00 e. The SMILES string of the molecule is O=C(O)CCCC[C@@H]1CCSS1.[Ca+2]. The molecule has 0 aliphatic carbocycles. The van der Waals surface area contributed by atoms with Gasteiger partial charge in [-0.1, -0.05) is 28.0 Å². The molecule has 0 bridgehead atoms. The van der Waals surface area contributed by atoms with Gasteiger partial charge in [0.25, 0.3) is 0 Å². The average Bonchev–Trinajstić information content (AvgIpc) is 2.49. The zero-order chi connectivity index (χ0) is 8.81. The minimum atomic E-state index is -0.663. The van der Waals surface area contributed by atoms with E-state index in [0.717, 1.165) is 18.1 Å². The van der Waals surface area contributed by atoms with Gasteiger partial charge in [0.2, 0.25) is 0 Å². The minimum absolute atomic E-state index is 0. The van der Waals surface area contributed by atoms with Gasteiger partial charge < -0.3 is 5.11 Å². The van der Waals surface area contributed by atoms with Crippen LogP contribution >= 0.6 is 21.6 Å². The van der Waals surface area contributed by atoms with Crippen LogP contribution in [0.1, 0.15) is 32.1 Å². The Kier molecular flexibility index (Phi) is 9.67. The summed E-state index contributed by atoms with van der Waals surface area (Å²) in [6.07, 6.45) is 4.76. The molecule has 70 valence electrons. The summed E-state index contributed by atoms with van der Waals surface area (Å²) < 4.78 is 0. The van der Waals surface area contributed by atoms with E-state index in [1.54, 1.807) is 0 Å². The second-order valence-corrected chi connectivity index (χ2v) is 5.76. The number of aliphatic carboxylic acids is 1. The summed E-state index contributed by atoms with van der Waals surface area (Å²) in [7, 11) is 3.92. The Balaban J connectivity index is 0.00000144. The van der Waals surface area contributed by atoms with E-state index in [1.807, 2.05) is 21.6 Å². The van der Waals surface area contributed by atoms with Crippen molar-refractivity contribution in [2.45, 2.75) is 37.4 Å². The van der Waals surface area contributed by atoms with Gasteiger partial charge in [-0.3, -0.25) is 4.79 Å². The van der Waals surface area contributed by atoms with Gasteiger partial charge in [0.1, 0.15) is 0 Å². The van der Waals surface area contributed by atoms with Crippen LogP contribution in [0.25, 0.3) is 0 Å². The van der Waals surface area contributed by atoms with Gasteiger partial charge in [0, 0.05) is 17.4 Å². The Hall–Kier alpha value is 1.43. The number of carboxylic acid groups (broad SMARTS) is 1. The molecule has 1 saturated heterocycles. The molecular formula is C8H14CaO2S2+2. The topological polar surface area (TPSA) is 37.3 Å². The second-order valence-electron chi connectivity index (χ2n) is 2.97. The Labute approximate surface area is 117 Å². The van der Waals surface area contributed by atoms with Crippen molar-refractivity contribution in [2.24, 2.45) is 0 Å². The molecule has 0 aromatic heterocycles. The monoisotopic (exact) mass is 246 g/mol. The summed E-state index contributed by atoms with van der Waals surface area (Å²) in [4.78, 5) is 10.2. The van der Waals surface area contributed by atoms with Crippen LogP contribution < -0.4 is 0 Å². The molecule has 0 spiro atoms. The molecule has 0 aromatic carbocycles. The third-order valence-corrected chi connectivity index (χ3v) is 4.90. The van der Waals surface area contributed by atoms with Crippen LogP contribution in [0.3, 0.4) is 0 Å². The molecule has 0 aromatic rings. The molecular weight excluding hydrogens is 232 g/mol. The first kappa shape index (κ1) is 14.4. The van der Waals surface area contributed by atoms with E-state index < -0.39 is 5.97 Å². The molecule has 13 heavy (non-hydrogen) atoms. The Morgan fingerprint density at radius 2 is 2.23 bits per heavy atom. The van der Waals surface area contributed by atoms with Crippen LogP contribution in [0.15, 0.2) is 0 Å². The van der Waals surface area contributed by atoms with E-state index in [4.69, 9.17) is 5.11 Å². The first-order valence-corrected chi connectivity index (χ1v) is 6.67. The Morgan fingerprint density at radius 3 is 2.77 bits per heavy atom. The normalized spacial score (nSPS) is 21.1. The predicted octanol–water partition coefficient (Wildman–Crippen LogP) is 2.40. The van der Waals surface area contributed by atoms with Crippen LogP contribution in [0, 0.1) is 0 Å². The molecule has 1 aliphatic heterocycles. The molecule has 1 rings (SSSR count). The van der Waals surface area contributed by atoms with E-state index >= 15 is 0 Å². The number of rotatable bonds is 5. The van der Waals surface area contributed by atoms with Gasteiger partial charge in [-0.15, -0.1) is 0 Å². The number of unbranched alkanes of at least 4 members (excludes halogenated alkanes) is 1. The fourth-order valence-corrected chi connectivity index (χ4v) is 4.24. The smallest absolute Gasteiger partial charge is 0.481 e. The zero-order valence-electron chi connectivity index (χ0n) is 7.70. The van der Waals surface area contributed by atoms with Gasteiger partial charge in [-0.2, -0.15) is 0 Å². The van der Waals surface area contributed by atoms with Crippen LogP contribution in [-0.4, -0.2) is 59.8 Å².